The standard InChI is InChI=1S/C15H23NO5/c1-10-8-11(12(9-10)14(18)19)13(17)16-4-2-15(3-5-16)20-6-7-21-15/h10-12H,2-9H2,1H3,(H,18,19). The van der Waals surface area contributed by atoms with E-state index in [0.29, 0.717) is 57.9 Å². The predicted molar refractivity (Wildman–Crippen MR) is 73.5 cm³/mol. The molecular formula is C15H23NO5. The van der Waals surface area contributed by atoms with E-state index in [-0.39, 0.29) is 11.8 Å². The summed E-state index contributed by atoms with van der Waals surface area (Å²) in [7, 11) is 0. The molecule has 2 saturated heterocycles. The van der Waals surface area contributed by atoms with Crippen LogP contribution in [0.4, 0.5) is 0 Å². The number of hydrogen-bond donors (Lipinski definition) is 1. The van der Waals surface area contributed by atoms with Gasteiger partial charge in [0, 0.05) is 25.9 Å². The molecule has 1 spiro atoms. The van der Waals surface area contributed by atoms with Crippen molar-refractivity contribution in [1.29, 1.82) is 0 Å². The number of ether oxygens (including phenoxy) is 2. The molecular weight excluding hydrogens is 274 g/mol. The number of nitrogens with zero attached hydrogens (tertiary/aromatic N) is 1. The maximum atomic E-state index is 12.6. The summed E-state index contributed by atoms with van der Waals surface area (Å²) in [5.74, 6) is -1.92. The van der Waals surface area contributed by atoms with E-state index in [9.17, 15) is 14.7 Å². The number of carbonyl (C=O) groups is 2. The molecule has 1 amide bonds. The first kappa shape index (κ1) is 14.8. The summed E-state index contributed by atoms with van der Waals surface area (Å²) in [6.45, 7) is 4.45. The Balaban J connectivity index is 1.62. The molecule has 3 rings (SSSR count). The van der Waals surface area contributed by atoms with Crippen LogP contribution >= 0.6 is 0 Å². The van der Waals surface area contributed by atoms with E-state index >= 15 is 0 Å². The lowest BCUT2D eigenvalue weighted by Crippen LogP contribution is -2.49. The molecule has 0 aromatic carbocycles. The van der Waals surface area contributed by atoms with Crippen LogP contribution in [0.1, 0.15) is 32.6 Å². The number of piperidine rings is 1. The Morgan fingerprint density at radius 3 is 2.24 bits per heavy atom. The largest absolute Gasteiger partial charge is 0.481 e. The lowest BCUT2D eigenvalue weighted by molar-refractivity contribution is -0.189. The molecule has 6 nitrogen and oxygen atoms in total. The highest BCUT2D eigenvalue weighted by atomic mass is 16.7. The van der Waals surface area contributed by atoms with Crippen molar-refractivity contribution >= 4 is 11.9 Å². The zero-order valence-electron chi connectivity index (χ0n) is 12.4. The Morgan fingerprint density at radius 2 is 1.67 bits per heavy atom. The molecule has 1 saturated carbocycles. The van der Waals surface area contributed by atoms with Crippen LogP contribution < -0.4 is 0 Å². The third kappa shape index (κ3) is 2.79. The number of carbonyl (C=O) groups excluding carboxylic acids is 1. The molecule has 118 valence electrons. The zero-order valence-corrected chi connectivity index (χ0v) is 12.4. The van der Waals surface area contributed by atoms with Crippen LogP contribution in [0.25, 0.3) is 0 Å². The number of amides is 1. The van der Waals surface area contributed by atoms with Crippen molar-refractivity contribution in [3.05, 3.63) is 0 Å². The van der Waals surface area contributed by atoms with E-state index in [1.54, 1.807) is 4.90 Å². The Hall–Kier alpha value is -1.14. The Labute approximate surface area is 124 Å². The first-order valence-electron chi connectivity index (χ1n) is 7.80. The molecule has 3 unspecified atom stereocenters. The second-order valence-electron chi connectivity index (χ2n) is 6.56. The highest BCUT2D eigenvalue weighted by Gasteiger charge is 2.46. The van der Waals surface area contributed by atoms with Gasteiger partial charge in [-0.05, 0) is 18.8 Å². The van der Waals surface area contributed by atoms with E-state index < -0.39 is 17.7 Å². The predicted octanol–water partition coefficient (Wildman–Crippen LogP) is 1.10. The number of hydrogen-bond acceptors (Lipinski definition) is 4. The maximum Gasteiger partial charge on any atom is 0.307 e. The monoisotopic (exact) mass is 297 g/mol. The molecule has 3 fully saturated rings. The van der Waals surface area contributed by atoms with Crippen LogP contribution in [0.3, 0.4) is 0 Å². The lowest BCUT2D eigenvalue weighted by atomic mass is 9.93. The van der Waals surface area contributed by atoms with E-state index in [1.807, 2.05) is 6.92 Å². The van der Waals surface area contributed by atoms with Gasteiger partial charge in [-0.1, -0.05) is 6.92 Å². The zero-order chi connectivity index (χ0) is 15.0. The summed E-state index contributed by atoms with van der Waals surface area (Å²) in [6, 6.07) is 0. The van der Waals surface area contributed by atoms with E-state index in [0.717, 1.165) is 0 Å². The molecule has 0 aromatic heterocycles. The van der Waals surface area contributed by atoms with E-state index in [4.69, 9.17) is 9.47 Å². The van der Waals surface area contributed by atoms with Gasteiger partial charge in [0.05, 0.1) is 25.0 Å². The minimum atomic E-state index is -0.839. The summed E-state index contributed by atoms with van der Waals surface area (Å²) >= 11 is 0. The molecule has 6 heteroatoms. The van der Waals surface area contributed by atoms with Crippen molar-refractivity contribution in [3.8, 4) is 0 Å². The number of carboxylic acid groups (broad SMARTS) is 1. The quantitative estimate of drug-likeness (QED) is 0.826. The molecule has 21 heavy (non-hydrogen) atoms. The maximum absolute atomic E-state index is 12.6. The summed E-state index contributed by atoms with van der Waals surface area (Å²) < 4.78 is 11.3. The average molecular weight is 297 g/mol. The number of likely N-dealkylation sites (tertiary alicyclic amines) is 1. The fraction of sp³-hybridized carbons (Fsp3) is 0.867. The summed E-state index contributed by atoms with van der Waals surface area (Å²) in [5.41, 5.74) is 0. The second-order valence-corrected chi connectivity index (χ2v) is 6.56. The Morgan fingerprint density at radius 1 is 1.10 bits per heavy atom. The normalized spacial score (nSPS) is 35.3. The van der Waals surface area contributed by atoms with Gasteiger partial charge in [-0.15, -0.1) is 0 Å². The van der Waals surface area contributed by atoms with Crippen LogP contribution in [-0.4, -0.2) is 54.0 Å². The van der Waals surface area contributed by atoms with Crippen LogP contribution in [0.15, 0.2) is 0 Å². The van der Waals surface area contributed by atoms with Crippen molar-refractivity contribution < 1.29 is 24.2 Å². The molecule has 0 radical (unpaired) electrons. The van der Waals surface area contributed by atoms with Gasteiger partial charge in [0.15, 0.2) is 5.79 Å². The molecule has 0 aromatic rings. The highest BCUT2D eigenvalue weighted by molar-refractivity contribution is 5.85. The smallest absolute Gasteiger partial charge is 0.307 e. The number of rotatable bonds is 2. The first-order valence-corrected chi connectivity index (χ1v) is 7.80. The van der Waals surface area contributed by atoms with Gasteiger partial charge in [0.1, 0.15) is 0 Å². The fourth-order valence-corrected chi connectivity index (χ4v) is 3.93. The van der Waals surface area contributed by atoms with Crippen LogP contribution in [0.2, 0.25) is 0 Å². The van der Waals surface area contributed by atoms with Gasteiger partial charge in [-0.25, -0.2) is 0 Å². The molecule has 2 aliphatic heterocycles. The third-order valence-electron chi connectivity index (χ3n) is 5.08. The first-order chi connectivity index (χ1) is 10.0. The molecule has 3 atom stereocenters. The fourth-order valence-electron chi connectivity index (χ4n) is 3.93. The van der Waals surface area contributed by atoms with Crippen LogP contribution in [-0.2, 0) is 19.1 Å². The van der Waals surface area contributed by atoms with E-state index in [2.05, 4.69) is 0 Å². The SMILES string of the molecule is CC1CC(C(=O)O)C(C(=O)N2CCC3(CC2)OCCO3)C1. The Bertz CT molecular complexity index is 422. The van der Waals surface area contributed by atoms with Gasteiger partial charge < -0.3 is 19.5 Å². The van der Waals surface area contributed by atoms with Crippen LogP contribution in [0, 0.1) is 17.8 Å². The van der Waals surface area contributed by atoms with Crippen molar-refractivity contribution in [3.63, 3.8) is 0 Å². The van der Waals surface area contributed by atoms with Gasteiger partial charge in [-0.3, -0.25) is 9.59 Å². The molecule has 3 aliphatic rings. The molecule has 1 aliphatic carbocycles. The summed E-state index contributed by atoms with van der Waals surface area (Å²) in [5, 5.41) is 9.31. The third-order valence-corrected chi connectivity index (χ3v) is 5.08. The van der Waals surface area contributed by atoms with Gasteiger partial charge in [0.25, 0.3) is 0 Å². The highest BCUT2D eigenvalue weighted by Crippen LogP contribution is 2.39. The minimum absolute atomic E-state index is 0.000373. The lowest BCUT2D eigenvalue weighted by Gasteiger charge is -2.38. The van der Waals surface area contributed by atoms with Crippen molar-refractivity contribution in [2.24, 2.45) is 17.8 Å². The van der Waals surface area contributed by atoms with Crippen molar-refractivity contribution in [2.75, 3.05) is 26.3 Å². The summed E-state index contributed by atoms with van der Waals surface area (Å²) in [6.07, 6.45) is 2.65. The number of aliphatic carboxylic acids is 1. The average Bonchev–Trinajstić information content (AvgIpc) is 3.06. The second kappa shape index (κ2) is 5.57. The van der Waals surface area contributed by atoms with Gasteiger partial charge >= 0.3 is 5.97 Å². The number of carboxylic acids is 1. The molecule has 0 bridgehead atoms. The topological polar surface area (TPSA) is 76.1 Å². The van der Waals surface area contributed by atoms with Crippen LogP contribution in [0.5, 0.6) is 0 Å². The molecule has 1 N–H and O–H groups in total. The summed E-state index contributed by atoms with van der Waals surface area (Å²) in [4.78, 5) is 25.8. The minimum Gasteiger partial charge on any atom is -0.481 e. The van der Waals surface area contributed by atoms with Crippen molar-refractivity contribution in [2.45, 2.75) is 38.4 Å². The van der Waals surface area contributed by atoms with Crippen molar-refractivity contribution in [1.82, 2.24) is 4.90 Å². The van der Waals surface area contributed by atoms with Gasteiger partial charge in [0.2, 0.25) is 5.91 Å². The van der Waals surface area contributed by atoms with E-state index in [1.165, 1.54) is 0 Å². The molecule has 2 heterocycles. The Kier molecular flexibility index (Phi) is 3.92. The van der Waals surface area contributed by atoms with Gasteiger partial charge in [-0.2, -0.15) is 0 Å².